The van der Waals surface area contributed by atoms with Gasteiger partial charge < -0.3 is 10.1 Å². The van der Waals surface area contributed by atoms with Crippen LogP contribution in [0.15, 0.2) is 36.4 Å². The molecule has 0 saturated carbocycles. The van der Waals surface area contributed by atoms with Gasteiger partial charge in [-0.15, -0.1) is 0 Å². The van der Waals surface area contributed by atoms with Gasteiger partial charge >= 0.3 is 0 Å². The van der Waals surface area contributed by atoms with Gasteiger partial charge in [0, 0.05) is 18.2 Å². The van der Waals surface area contributed by atoms with Gasteiger partial charge in [-0.3, -0.25) is 0 Å². The molecule has 1 aliphatic carbocycles. The molecule has 0 heterocycles. The summed E-state index contributed by atoms with van der Waals surface area (Å²) in [6.45, 7) is 0.874. The fraction of sp³-hybridized carbons (Fsp3) is 0.429. The second kappa shape index (κ2) is 5.71. The highest BCUT2D eigenvalue weighted by molar-refractivity contribution is 5.33. The number of methoxy groups -OCH3 is 1. The Morgan fingerprint density at radius 2 is 2.25 bits per heavy atom. The molecule has 2 rings (SSSR count). The second-order valence-corrected chi connectivity index (χ2v) is 4.16. The van der Waals surface area contributed by atoms with Gasteiger partial charge in [-0.1, -0.05) is 30.4 Å². The summed E-state index contributed by atoms with van der Waals surface area (Å²) in [5.74, 6) is 0.967. The maximum atomic E-state index is 5.33. The third-order valence-corrected chi connectivity index (χ3v) is 3.00. The van der Waals surface area contributed by atoms with Crippen molar-refractivity contribution < 1.29 is 4.74 Å². The summed E-state index contributed by atoms with van der Waals surface area (Å²) < 4.78 is 5.33. The van der Waals surface area contributed by atoms with Crippen molar-refractivity contribution >= 4 is 0 Å². The molecule has 1 aromatic carbocycles. The zero-order chi connectivity index (χ0) is 11.2. The molecule has 0 bridgehead atoms. The van der Waals surface area contributed by atoms with Gasteiger partial charge in [-0.2, -0.15) is 0 Å². The largest absolute Gasteiger partial charge is 0.496 e. The van der Waals surface area contributed by atoms with Crippen molar-refractivity contribution in [3.05, 3.63) is 42.0 Å². The fourth-order valence-corrected chi connectivity index (χ4v) is 2.07. The van der Waals surface area contributed by atoms with Crippen LogP contribution in [-0.2, 0) is 6.54 Å². The van der Waals surface area contributed by atoms with Crippen molar-refractivity contribution in [1.29, 1.82) is 0 Å². The Balaban J connectivity index is 1.93. The molecule has 16 heavy (non-hydrogen) atoms. The van der Waals surface area contributed by atoms with E-state index in [0.29, 0.717) is 6.04 Å². The molecule has 1 aromatic rings. The smallest absolute Gasteiger partial charge is 0.123 e. The lowest BCUT2D eigenvalue weighted by Gasteiger charge is -2.18. The zero-order valence-corrected chi connectivity index (χ0v) is 9.78. The Morgan fingerprint density at radius 1 is 1.38 bits per heavy atom. The zero-order valence-electron chi connectivity index (χ0n) is 9.78. The molecule has 0 aliphatic heterocycles. The summed E-state index contributed by atoms with van der Waals surface area (Å²) in [6, 6.07) is 8.70. The quantitative estimate of drug-likeness (QED) is 0.783. The monoisotopic (exact) mass is 217 g/mol. The van der Waals surface area contributed by atoms with Crippen LogP contribution in [0.5, 0.6) is 5.75 Å². The number of nitrogens with one attached hydrogen (secondary N) is 1. The molecular weight excluding hydrogens is 198 g/mol. The fourth-order valence-electron chi connectivity index (χ4n) is 2.07. The number of rotatable bonds is 4. The van der Waals surface area contributed by atoms with Gasteiger partial charge in [0.2, 0.25) is 0 Å². The second-order valence-electron chi connectivity index (χ2n) is 4.16. The highest BCUT2D eigenvalue weighted by Gasteiger charge is 2.08. The minimum atomic E-state index is 0.527. The summed E-state index contributed by atoms with van der Waals surface area (Å²) in [6.07, 6.45) is 8.31. The molecule has 1 aliphatic rings. The average molecular weight is 217 g/mol. The Bertz CT molecular complexity index is 360. The van der Waals surface area contributed by atoms with E-state index in [1.807, 2.05) is 12.1 Å². The van der Waals surface area contributed by atoms with E-state index in [1.165, 1.54) is 24.8 Å². The van der Waals surface area contributed by atoms with E-state index in [4.69, 9.17) is 4.74 Å². The Morgan fingerprint density at radius 3 is 3.00 bits per heavy atom. The van der Waals surface area contributed by atoms with Crippen LogP contribution in [0.4, 0.5) is 0 Å². The lowest BCUT2D eigenvalue weighted by Crippen LogP contribution is -2.27. The Labute approximate surface area is 97.3 Å². The van der Waals surface area contributed by atoms with Crippen LogP contribution in [-0.4, -0.2) is 13.2 Å². The van der Waals surface area contributed by atoms with Gasteiger partial charge in [0.05, 0.1) is 7.11 Å². The molecule has 1 N–H and O–H groups in total. The van der Waals surface area contributed by atoms with Crippen LogP contribution in [0, 0.1) is 0 Å². The Hall–Kier alpha value is -1.28. The molecule has 0 radical (unpaired) electrons. The van der Waals surface area contributed by atoms with Crippen LogP contribution >= 0.6 is 0 Å². The normalized spacial score (nSPS) is 19.7. The van der Waals surface area contributed by atoms with Crippen molar-refractivity contribution in [2.45, 2.75) is 31.8 Å². The minimum absolute atomic E-state index is 0.527. The molecule has 2 heteroatoms. The van der Waals surface area contributed by atoms with E-state index in [-0.39, 0.29) is 0 Å². The predicted molar refractivity (Wildman–Crippen MR) is 66.6 cm³/mol. The van der Waals surface area contributed by atoms with Crippen LogP contribution in [0.2, 0.25) is 0 Å². The van der Waals surface area contributed by atoms with Crippen molar-refractivity contribution in [2.24, 2.45) is 0 Å². The van der Waals surface area contributed by atoms with E-state index in [9.17, 15) is 0 Å². The summed E-state index contributed by atoms with van der Waals surface area (Å²) in [4.78, 5) is 0. The first-order valence-electron chi connectivity index (χ1n) is 5.92. The molecule has 0 amide bonds. The van der Waals surface area contributed by atoms with Crippen molar-refractivity contribution in [3.8, 4) is 5.75 Å². The van der Waals surface area contributed by atoms with E-state index in [0.717, 1.165) is 12.3 Å². The Kier molecular flexibility index (Phi) is 4.00. The topological polar surface area (TPSA) is 21.3 Å². The molecule has 0 aromatic heterocycles. The first-order chi connectivity index (χ1) is 7.90. The lowest BCUT2D eigenvalue weighted by molar-refractivity contribution is 0.405. The maximum absolute atomic E-state index is 5.33. The maximum Gasteiger partial charge on any atom is 0.123 e. The summed E-state index contributed by atoms with van der Waals surface area (Å²) in [5.41, 5.74) is 1.23. The molecule has 86 valence electrons. The number of ether oxygens (including phenoxy) is 1. The van der Waals surface area contributed by atoms with Crippen molar-refractivity contribution in [1.82, 2.24) is 5.32 Å². The third kappa shape index (κ3) is 2.86. The summed E-state index contributed by atoms with van der Waals surface area (Å²) in [5, 5.41) is 3.55. The van der Waals surface area contributed by atoms with E-state index >= 15 is 0 Å². The van der Waals surface area contributed by atoms with Crippen LogP contribution in [0.25, 0.3) is 0 Å². The van der Waals surface area contributed by atoms with Gasteiger partial charge in [0.15, 0.2) is 0 Å². The molecule has 0 saturated heterocycles. The first kappa shape index (κ1) is 11.2. The van der Waals surface area contributed by atoms with Crippen LogP contribution in [0.1, 0.15) is 24.8 Å². The van der Waals surface area contributed by atoms with E-state index < -0.39 is 0 Å². The van der Waals surface area contributed by atoms with Crippen LogP contribution in [0.3, 0.4) is 0 Å². The van der Waals surface area contributed by atoms with Gasteiger partial charge in [0.25, 0.3) is 0 Å². The number of benzene rings is 1. The predicted octanol–water partition coefficient (Wildman–Crippen LogP) is 2.89. The number of hydrogen-bond donors (Lipinski definition) is 1. The summed E-state index contributed by atoms with van der Waals surface area (Å²) >= 11 is 0. The van der Waals surface area contributed by atoms with E-state index in [2.05, 4.69) is 29.6 Å². The number of hydrogen-bond acceptors (Lipinski definition) is 2. The molecule has 1 atom stereocenters. The number of para-hydroxylation sites is 1. The lowest BCUT2D eigenvalue weighted by atomic mass is 10.0. The highest BCUT2D eigenvalue weighted by Crippen LogP contribution is 2.18. The number of allylic oxidation sites excluding steroid dienone is 1. The summed E-state index contributed by atoms with van der Waals surface area (Å²) in [7, 11) is 1.72. The van der Waals surface area contributed by atoms with Gasteiger partial charge in [0.1, 0.15) is 5.75 Å². The SMILES string of the molecule is COc1ccccc1CNC1C=CCCC1. The average Bonchev–Trinajstić information content (AvgIpc) is 2.38. The molecule has 0 fully saturated rings. The minimum Gasteiger partial charge on any atom is -0.496 e. The molecule has 2 nitrogen and oxygen atoms in total. The van der Waals surface area contributed by atoms with Gasteiger partial charge in [-0.25, -0.2) is 0 Å². The molecular formula is C14H19NO. The van der Waals surface area contributed by atoms with Crippen molar-refractivity contribution in [2.75, 3.05) is 7.11 Å². The molecule has 0 spiro atoms. The molecule has 1 unspecified atom stereocenters. The first-order valence-corrected chi connectivity index (χ1v) is 5.92. The van der Waals surface area contributed by atoms with Crippen molar-refractivity contribution in [3.63, 3.8) is 0 Å². The third-order valence-electron chi connectivity index (χ3n) is 3.00. The van der Waals surface area contributed by atoms with Crippen LogP contribution < -0.4 is 10.1 Å². The standard InChI is InChI=1S/C14H19NO/c1-16-14-10-6-5-7-12(14)11-15-13-8-3-2-4-9-13/h3,5-8,10,13,15H,2,4,9,11H2,1H3. The van der Waals surface area contributed by atoms with E-state index in [1.54, 1.807) is 7.11 Å². The highest BCUT2D eigenvalue weighted by atomic mass is 16.5. The van der Waals surface area contributed by atoms with Gasteiger partial charge in [-0.05, 0) is 25.3 Å².